The Morgan fingerprint density at radius 2 is 1.74 bits per heavy atom. The Morgan fingerprint density at radius 3 is 2.34 bits per heavy atom. The number of nitrogens with one attached hydrogen (secondary N) is 1. The fraction of sp³-hybridized carbons (Fsp3) is 0.333. The molecular weight excluding hydrogens is 502 g/mol. The minimum Gasteiger partial charge on any atom is -0.382 e. The van der Waals surface area contributed by atoms with E-state index in [0.717, 1.165) is 41.5 Å². The Bertz CT molecular complexity index is 1620. The summed E-state index contributed by atoms with van der Waals surface area (Å²) in [5.74, 6) is -0.0968. The maximum atomic E-state index is 13.0. The number of nitrogens with zero attached hydrogens (tertiary/aromatic N) is 5. The molecule has 2 aliphatic rings. The highest BCUT2D eigenvalue weighted by molar-refractivity contribution is 7.91. The van der Waals surface area contributed by atoms with Gasteiger partial charge in [0.25, 0.3) is 0 Å². The van der Waals surface area contributed by atoms with Crippen molar-refractivity contribution >= 4 is 27.3 Å². The average Bonchev–Trinajstić information content (AvgIpc) is 3.46. The van der Waals surface area contributed by atoms with Gasteiger partial charge in [-0.15, -0.1) is 0 Å². The first-order valence-corrected chi connectivity index (χ1v) is 14.5. The molecule has 0 saturated carbocycles. The fourth-order valence-corrected chi connectivity index (χ4v) is 7.13. The van der Waals surface area contributed by atoms with Crippen molar-refractivity contribution in [1.29, 1.82) is 0 Å². The lowest BCUT2D eigenvalue weighted by Gasteiger charge is -2.38. The van der Waals surface area contributed by atoms with E-state index in [1.807, 2.05) is 47.4 Å². The lowest BCUT2D eigenvalue weighted by atomic mass is 9.88. The molecule has 6 rings (SSSR count). The van der Waals surface area contributed by atoms with Gasteiger partial charge >= 0.3 is 6.03 Å². The molecule has 3 N–H and O–H groups in total. The Labute approximate surface area is 220 Å². The van der Waals surface area contributed by atoms with Gasteiger partial charge in [0, 0.05) is 54.2 Å². The highest BCUT2D eigenvalue weighted by atomic mass is 32.2. The van der Waals surface area contributed by atoms with Crippen molar-refractivity contribution in [2.24, 2.45) is 0 Å². The highest BCUT2D eigenvalue weighted by Gasteiger charge is 2.45. The van der Waals surface area contributed by atoms with Crippen LogP contribution in [0.5, 0.6) is 0 Å². The number of anilines is 1. The lowest BCUT2D eigenvalue weighted by Crippen LogP contribution is -2.49. The molecule has 2 saturated heterocycles. The van der Waals surface area contributed by atoms with Crippen molar-refractivity contribution in [3.05, 3.63) is 60.6 Å². The van der Waals surface area contributed by atoms with Crippen LogP contribution in [-0.4, -0.2) is 64.3 Å². The van der Waals surface area contributed by atoms with Gasteiger partial charge in [0.15, 0.2) is 15.5 Å². The molecule has 11 heteroatoms. The molecule has 38 heavy (non-hydrogen) atoms. The number of fused-ring (bicyclic) bond motifs is 3. The molecule has 0 aliphatic carbocycles. The SMILES string of the molecule is CNC(=O)N1C2CC[C@H]1CC(c1nc3c(-c4ccc(-c5ccccc5)nc4)cnn3c(N)c1S(C)(=O)=O)C2. The molecule has 2 unspecified atom stereocenters. The van der Waals surface area contributed by atoms with Crippen molar-refractivity contribution in [1.82, 2.24) is 29.8 Å². The third-order valence-corrected chi connectivity index (χ3v) is 8.91. The molecule has 2 bridgehead atoms. The number of aromatic nitrogens is 4. The number of urea groups is 1. The molecular formula is C27H29N7O3S. The topological polar surface area (TPSA) is 136 Å². The van der Waals surface area contributed by atoms with E-state index in [2.05, 4.69) is 15.4 Å². The van der Waals surface area contributed by atoms with E-state index < -0.39 is 9.84 Å². The Kier molecular flexibility index (Phi) is 5.82. The second-order valence-electron chi connectivity index (χ2n) is 10.1. The summed E-state index contributed by atoms with van der Waals surface area (Å²) in [7, 11) is -2.07. The molecule has 2 fully saturated rings. The van der Waals surface area contributed by atoms with Crippen molar-refractivity contribution in [2.45, 2.75) is 48.6 Å². The number of amides is 2. The Balaban J connectivity index is 1.44. The highest BCUT2D eigenvalue weighted by Crippen LogP contribution is 2.45. The van der Waals surface area contributed by atoms with Crippen LogP contribution in [0.4, 0.5) is 10.6 Å². The van der Waals surface area contributed by atoms with Gasteiger partial charge in [-0.2, -0.15) is 9.61 Å². The molecule has 2 aliphatic heterocycles. The number of hydrogen-bond acceptors (Lipinski definition) is 7. The summed E-state index contributed by atoms with van der Waals surface area (Å²) in [4.78, 5) is 24.0. The summed E-state index contributed by atoms with van der Waals surface area (Å²) in [5, 5.41) is 7.13. The van der Waals surface area contributed by atoms with Crippen LogP contribution >= 0.6 is 0 Å². The third kappa shape index (κ3) is 3.97. The minimum atomic E-state index is -3.70. The molecule has 2 amide bonds. The van der Waals surface area contributed by atoms with Crippen LogP contribution in [0.3, 0.4) is 0 Å². The standard InChI is InChI=1S/C27H29N7O3S/c1-29-27(35)33-19-9-10-20(33)13-18(12-19)23-24(38(2,36)37)25(28)34-26(32-23)21(15-31-34)17-8-11-22(30-14-17)16-6-4-3-5-7-16/h3-8,11,14-15,18-20H,9-10,12-13,28H2,1-2H3,(H,29,35)/t18?,19-,20?/m0/s1. The van der Waals surface area contributed by atoms with Crippen LogP contribution in [0.2, 0.25) is 0 Å². The minimum absolute atomic E-state index is 0.0231. The molecule has 1 aromatic carbocycles. The maximum absolute atomic E-state index is 13.0. The number of sulfone groups is 1. The van der Waals surface area contributed by atoms with Gasteiger partial charge in [0.1, 0.15) is 10.7 Å². The van der Waals surface area contributed by atoms with Crippen molar-refractivity contribution in [3.8, 4) is 22.4 Å². The molecule has 196 valence electrons. The van der Waals surface area contributed by atoms with Crippen LogP contribution in [-0.2, 0) is 9.84 Å². The number of hydrogen-bond donors (Lipinski definition) is 2. The molecule has 0 spiro atoms. The first-order chi connectivity index (χ1) is 18.3. The predicted octanol–water partition coefficient (Wildman–Crippen LogP) is 3.49. The van der Waals surface area contributed by atoms with Gasteiger partial charge in [-0.25, -0.2) is 18.2 Å². The number of nitrogen functional groups attached to an aromatic ring is 1. The van der Waals surface area contributed by atoms with Crippen LogP contribution in [0, 0.1) is 0 Å². The summed E-state index contributed by atoms with van der Waals surface area (Å²) in [6, 6.07) is 13.8. The van der Waals surface area contributed by atoms with Gasteiger partial charge in [-0.3, -0.25) is 4.98 Å². The second kappa shape index (κ2) is 9.09. The summed E-state index contributed by atoms with van der Waals surface area (Å²) in [6.45, 7) is 0. The van der Waals surface area contributed by atoms with E-state index >= 15 is 0 Å². The van der Waals surface area contributed by atoms with E-state index in [1.54, 1.807) is 19.4 Å². The molecule has 4 aromatic rings. The van der Waals surface area contributed by atoms with Crippen LogP contribution in [0.25, 0.3) is 28.0 Å². The first kappa shape index (κ1) is 24.4. The smallest absolute Gasteiger partial charge is 0.317 e. The monoisotopic (exact) mass is 531 g/mol. The lowest BCUT2D eigenvalue weighted by molar-refractivity contribution is 0.138. The first-order valence-electron chi connectivity index (χ1n) is 12.6. The number of nitrogens with two attached hydrogens (primary N) is 1. The average molecular weight is 532 g/mol. The van der Waals surface area contributed by atoms with Crippen molar-refractivity contribution < 1.29 is 13.2 Å². The van der Waals surface area contributed by atoms with E-state index in [9.17, 15) is 13.2 Å². The molecule has 3 atom stereocenters. The van der Waals surface area contributed by atoms with Crippen LogP contribution < -0.4 is 11.1 Å². The van der Waals surface area contributed by atoms with Gasteiger partial charge in [0.05, 0.1) is 17.6 Å². The summed E-state index contributed by atoms with van der Waals surface area (Å²) in [5.41, 5.74) is 10.8. The molecule has 10 nitrogen and oxygen atoms in total. The molecule has 0 radical (unpaired) electrons. The summed E-state index contributed by atoms with van der Waals surface area (Å²) >= 11 is 0. The number of benzene rings is 1. The van der Waals surface area contributed by atoms with Crippen molar-refractivity contribution in [3.63, 3.8) is 0 Å². The quantitative estimate of drug-likeness (QED) is 0.411. The van der Waals surface area contributed by atoms with Gasteiger partial charge < -0.3 is 16.0 Å². The number of pyridine rings is 1. The number of rotatable bonds is 4. The zero-order valence-corrected chi connectivity index (χ0v) is 22.0. The van der Waals surface area contributed by atoms with Crippen LogP contribution in [0.1, 0.15) is 37.3 Å². The summed E-state index contributed by atoms with van der Waals surface area (Å²) in [6.07, 6.45) is 7.60. The summed E-state index contributed by atoms with van der Waals surface area (Å²) < 4.78 is 27.3. The Morgan fingerprint density at radius 1 is 1.03 bits per heavy atom. The fourth-order valence-electron chi connectivity index (χ4n) is 6.07. The van der Waals surface area contributed by atoms with E-state index in [1.165, 1.54) is 4.52 Å². The number of carbonyl (C=O) groups excluding carboxylic acids is 1. The van der Waals surface area contributed by atoms with Gasteiger partial charge in [0.2, 0.25) is 0 Å². The molecule has 5 heterocycles. The largest absolute Gasteiger partial charge is 0.382 e. The van der Waals surface area contributed by atoms with E-state index in [-0.39, 0.29) is 34.7 Å². The van der Waals surface area contributed by atoms with E-state index in [0.29, 0.717) is 24.2 Å². The number of piperidine rings is 1. The predicted molar refractivity (Wildman–Crippen MR) is 144 cm³/mol. The normalized spacial score (nSPS) is 21.1. The number of carbonyl (C=O) groups is 1. The van der Waals surface area contributed by atoms with Crippen molar-refractivity contribution in [2.75, 3.05) is 19.0 Å². The van der Waals surface area contributed by atoms with Crippen LogP contribution in [0.15, 0.2) is 59.8 Å². The van der Waals surface area contributed by atoms with Gasteiger partial charge in [-0.05, 0) is 31.7 Å². The Hall–Kier alpha value is -3.99. The zero-order chi connectivity index (χ0) is 26.6. The third-order valence-electron chi connectivity index (χ3n) is 7.75. The molecule has 3 aromatic heterocycles. The maximum Gasteiger partial charge on any atom is 0.317 e. The van der Waals surface area contributed by atoms with E-state index in [4.69, 9.17) is 10.7 Å². The zero-order valence-electron chi connectivity index (χ0n) is 21.2. The van der Waals surface area contributed by atoms with Gasteiger partial charge in [-0.1, -0.05) is 36.4 Å². The second-order valence-corrected chi connectivity index (χ2v) is 12.0.